The van der Waals surface area contributed by atoms with Crippen LogP contribution in [0.4, 0.5) is 4.39 Å². The van der Waals surface area contributed by atoms with Gasteiger partial charge in [0.05, 0.1) is 0 Å². The largest absolute Gasteiger partial charge is 0.264 e. The molecule has 0 radical (unpaired) electrons. The SMILES string of the molecule is Cc1ccc(-c2cc(F)ccc2C(Cc2cccnc2)c2cccnc2)cc1. The normalized spacial score (nSPS) is 11.9. The highest BCUT2D eigenvalue weighted by atomic mass is 19.1. The van der Waals surface area contributed by atoms with Gasteiger partial charge in [-0.05, 0) is 65.4 Å². The number of hydrogen-bond acceptors (Lipinski definition) is 2. The van der Waals surface area contributed by atoms with Gasteiger partial charge in [-0.2, -0.15) is 0 Å². The van der Waals surface area contributed by atoms with Crippen LogP contribution in [-0.4, -0.2) is 9.97 Å². The van der Waals surface area contributed by atoms with E-state index in [1.807, 2.05) is 30.6 Å². The Hall–Kier alpha value is -3.33. The lowest BCUT2D eigenvalue weighted by Gasteiger charge is -2.21. The average Bonchev–Trinajstić information content (AvgIpc) is 2.74. The molecule has 0 N–H and O–H groups in total. The van der Waals surface area contributed by atoms with Gasteiger partial charge in [-0.25, -0.2) is 4.39 Å². The molecular formula is C25H21FN2. The van der Waals surface area contributed by atoms with E-state index in [2.05, 4.69) is 53.3 Å². The maximum Gasteiger partial charge on any atom is 0.123 e. The smallest absolute Gasteiger partial charge is 0.123 e. The van der Waals surface area contributed by atoms with E-state index in [4.69, 9.17) is 0 Å². The molecule has 138 valence electrons. The highest BCUT2D eigenvalue weighted by molar-refractivity contribution is 5.69. The molecule has 1 atom stereocenters. The maximum absolute atomic E-state index is 14.2. The summed E-state index contributed by atoms with van der Waals surface area (Å²) in [6, 6.07) is 21.3. The van der Waals surface area contributed by atoms with Crippen LogP contribution in [0.2, 0.25) is 0 Å². The maximum atomic E-state index is 14.2. The number of halogens is 1. The Morgan fingerprint density at radius 1 is 0.857 bits per heavy atom. The summed E-state index contributed by atoms with van der Waals surface area (Å²) in [4.78, 5) is 8.57. The van der Waals surface area contributed by atoms with Gasteiger partial charge < -0.3 is 0 Å². The van der Waals surface area contributed by atoms with Gasteiger partial charge >= 0.3 is 0 Å². The first-order valence-electron chi connectivity index (χ1n) is 9.36. The fourth-order valence-corrected chi connectivity index (χ4v) is 3.56. The average molecular weight is 368 g/mol. The van der Waals surface area contributed by atoms with Crippen LogP contribution in [0.3, 0.4) is 0 Å². The Morgan fingerprint density at radius 3 is 2.29 bits per heavy atom. The van der Waals surface area contributed by atoms with E-state index < -0.39 is 0 Å². The third-order valence-corrected chi connectivity index (χ3v) is 5.00. The highest BCUT2D eigenvalue weighted by Crippen LogP contribution is 2.36. The quantitative estimate of drug-likeness (QED) is 0.434. The molecule has 4 aromatic rings. The molecule has 2 nitrogen and oxygen atoms in total. The van der Waals surface area contributed by atoms with Crippen LogP contribution in [0.5, 0.6) is 0 Å². The van der Waals surface area contributed by atoms with Crippen molar-refractivity contribution in [1.82, 2.24) is 9.97 Å². The summed E-state index contributed by atoms with van der Waals surface area (Å²) in [6.45, 7) is 2.05. The predicted octanol–water partition coefficient (Wildman–Crippen LogP) is 5.97. The molecule has 0 saturated carbocycles. The van der Waals surface area contributed by atoms with E-state index in [1.54, 1.807) is 24.5 Å². The zero-order valence-electron chi connectivity index (χ0n) is 15.7. The van der Waals surface area contributed by atoms with Crippen molar-refractivity contribution in [2.75, 3.05) is 0 Å². The van der Waals surface area contributed by atoms with E-state index in [0.29, 0.717) is 0 Å². The van der Waals surface area contributed by atoms with Crippen molar-refractivity contribution in [2.24, 2.45) is 0 Å². The monoisotopic (exact) mass is 368 g/mol. The third-order valence-electron chi connectivity index (χ3n) is 5.00. The van der Waals surface area contributed by atoms with E-state index in [-0.39, 0.29) is 11.7 Å². The molecule has 2 heterocycles. The topological polar surface area (TPSA) is 25.8 Å². The summed E-state index contributed by atoms with van der Waals surface area (Å²) in [7, 11) is 0. The molecular weight excluding hydrogens is 347 g/mol. The lowest BCUT2D eigenvalue weighted by molar-refractivity contribution is 0.626. The van der Waals surface area contributed by atoms with Gasteiger partial charge in [0.25, 0.3) is 0 Å². The van der Waals surface area contributed by atoms with Crippen LogP contribution in [0.25, 0.3) is 11.1 Å². The molecule has 4 rings (SSSR count). The fraction of sp³-hybridized carbons (Fsp3) is 0.120. The summed E-state index contributed by atoms with van der Waals surface area (Å²) in [5.41, 5.74) is 6.43. The highest BCUT2D eigenvalue weighted by Gasteiger charge is 2.20. The van der Waals surface area contributed by atoms with Crippen LogP contribution in [0, 0.1) is 12.7 Å². The second-order valence-electron chi connectivity index (χ2n) is 7.00. The Labute approximate surface area is 164 Å². The van der Waals surface area contributed by atoms with Crippen LogP contribution in [0.1, 0.15) is 28.2 Å². The number of aromatic nitrogens is 2. The molecule has 0 aliphatic carbocycles. The molecule has 0 saturated heterocycles. The predicted molar refractivity (Wildman–Crippen MR) is 111 cm³/mol. The number of hydrogen-bond donors (Lipinski definition) is 0. The third kappa shape index (κ3) is 3.99. The molecule has 0 aliphatic heterocycles. The Kier molecular flexibility index (Phi) is 5.24. The molecule has 2 aromatic heterocycles. The van der Waals surface area contributed by atoms with E-state index in [9.17, 15) is 4.39 Å². The van der Waals surface area contributed by atoms with E-state index in [1.165, 1.54) is 5.56 Å². The molecule has 0 bridgehead atoms. The first-order chi connectivity index (χ1) is 13.7. The van der Waals surface area contributed by atoms with Gasteiger partial charge in [0.15, 0.2) is 0 Å². The Balaban J connectivity index is 1.85. The molecule has 0 fully saturated rings. The standard InChI is InChI=1S/C25H21FN2/c1-18-6-8-20(9-7-18)25-15-22(26)10-11-23(25)24(21-5-3-13-28-17-21)14-19-4-2-12-27-16-19/h2-13,15-17,24H,14H2,1H3. The first kappa shape index (κ1) is 18.1. The minimum atomic E-state index is -0.231. The molecule has 0 amide bonds. The molecule has 2 aromatic carbocycles. The van der Waals surface area contributed by atoms with Crippen molar-refractivity contribution in [1.29, 1.82) is 0 Å². The Morgan fingerprint density at radius 2 is 1.61 bits per heavy atom. The lowest BCUT2D eigenvalue weighted by Crippen LogP contribution is -2.08. The van der Waals surface area contributed by atoms with Crippen molar-refractivity contribution < 1.29 is 4.39 Å². The Bertz CT molecular complexity index is 1040. The van der Waals surface area contributed by atoms with Crippen LogP contribution < -0.4 is 0 Å². The second kappa shape index (κ2) is 8.13. The van der Waals surface area contributed by atoms with Gasteiger partial charge in [-0.3, -0.25) is 9.97 Å². The minimum Gasteiger partial charge on any atom is -0.264 e. The zero-order valence-corrected chi connectivity index (χ0v) is 15.7. The van der Waals surface area contributed by atoms with Gasteiger partial charge in [0.1, 0.15) is 5.82 Å². The van der Waals surface area contributed by atoms with Crippen LogP contribution in [-0.2, 0) is 6.42 Å². The summed E-state index contributed by atoms with van der Waals surface area (Å²) in [5, 5.41) is 0. The summed E-state index contributed by atoms with van der Waals surface area (Å²) in [5.74, 6) is -0.180. The van der Waals surface area contributed by atoms with Gasteiger partial charge in [-0.15, -0.1) is 0 Å². The number of rotatable bonds is 5. The van der Waals surface area contributed by atoms with Crippen molar-refractivity contribution in [3.8, 4) is 11.1 Å². The molecule has 3 heteroatoms. The molecule has 0 spiro atoms. The number of nitrogens with zero attached hydrogens (tertiary/aromatic N) is 2. The summed E-state index contributed by atoms with van der Waals surface area (Å²) < 4.78 is 14.2. The molecule has 28 heavy (non-hydrogen) atoms. The number of aryl methyl sites for hydroxylation is 1. The number of pyridine rings is 2. The summed E-state index contributed by atoms with van der Waals surface area (Å²) >= 11 is 0. The van der Waals surface area contributed by atoms with Gasteiger partial charge in [-0.1, -0.05) is 48.0 Å². The number of benzene rings is 2. The molecule has 0 aliphatic rings. The van der Waals surface area contributed by atoms with Gasteiger partial charge in [0.2, 0.25) is 0 Å². The summed E-state index contributed by atoms with van der Waals surface area (Å²) in [6.07, 6.45) is 8.10. The van der Waals surface area contributed by atoms with Gasteiger partial charge in [0, 0.05) is 30.7 Å². The van der Waals surface area contributed by atoms with E-state index in [0.717, 1.165) is 34.2 Å². The van der Waals surface area contributed by atoms with Crippen molar-refractivity contribution in [3.05, 3.63) is 120 Å². The minimum absolute atomic E-state index is 0.0507. The van der Waals surface area contributed by atoms with Crippen molar-refractivity contribution in [2.45, 2.75) is 19.3 Å². The lowest BCUT2D eigenvalue weighted by atomic mass is 9.83. The van der Waals surface area contributed by atoms with E-state index >= 15 is 0 Å². The van der Waals surface area contributed by atoms with Crippen molar-refractivity contribution in [3.63, 3.8) is 0 Å². The zero-order chi connectivity index (χ0) is 19.3. The first-order valence-corrected chi connectivity index (χ1v) is 9.36. The van der Waals surface area contributed by atoms with Crippen LogP contribution in [0.15, 0.2) is 91.5 Å². The van der Waals surface area contributed by atoms with Crippen LogP contribution >= 0.6 is 0 Å². The van der Waals surface area contributed by atoms with Crippen molar-refractivity contribution >= 4 is 0 Å². The fourth-order valence-electron chi connectivity index (χ4n) is 3.56. The molecule has 1 unspecified atom stereocenters. The second-order valence-corrected chi connectivity index (χ2v) is 7.00.